The highest BCUT2D eigenvalue weighted by Crippen LogP contribution is 2.19. The molecule has 2 N–H and O–H groups in total. The molecule has 2 aromatic heterocycles. The number of nitrogens with one attached hydrogen (secondary N) is 2. The van der Waals surface area contributed by atoms with Crippen molar-refractivity contribution in [3.63, 3.8) is 0 Å². The minimum Gasteiger partial charge on any atom is -0.351 e. The molecule has 0 aliphatic carbocycles. The van der Waals surface area contributed by atoms with Crippen LogP contribution in [0.3, 0.4) is 0 Å². The fraction of sp³-hybridized carbons (Fsp3) is 0.571. The third kappa shape index (κ3) is 5.48. The molecular weight excluding hydrogens is 409 g/mol. The standard InChI is InChI=1S/C14H23N7O.HI/c1-14(2,3)12-19-11(20-22-12)9-17-13(15-4)16-8-10-6-7-18-21(10)5;/h6-7H,8-9H2,1-5H3,(H2,15,16,17);1H. The first-order valence-electron chi connectivity index (χ1n) is 7.14. The van der Waals surface area contributed by atoms with Crippen LogP contribution in [-0.2, 0) is 25.6 Å². The van der Waals surface area contributed by atoms with Crippen molar-refractivity contribution >= 4 is 29.9 Å². The maximum atomic E-state index is 5.26. The zero-order valence-electron chi connectivity index (χ0n) is 14.1. The van der Waals surface area contributed by atoms with E-state index in [1.807, 2.05) is 38.6 Å². The zero-order valence-corrected chi connectivity index (χ0v) is 16.5. The summed E-state index contributed by atoms with van der Waals surface area (Å²) in [5, 5.41) is 14.5. The summed E-state index contributed by atoms with van der Waals surface area (Å²) < 4.78 is 7.07. The van der Waals surface area contributed by atoms with Crippen LogP contribution in [0.4, 0.5) is 0 Å². The predicted molar refractivity (Wildman–Crippen MR) is 98.7 cm³/mol. The van der Waals surface area contributed by atoms with Gasteiger partial charge in [-0.2, -0.15) is 10.1 Å². The second-order valence-corrected chi connectivity index (χ2v) is 5.99. The lowest BCUT2D eigenvalue weighted by atomic mass is 9.97. The van der Waals surface area contributed by atoms with Gasteiger partial charge in [0.15, 0.2) is 11.8 Å². The first kappa shape index (κ1) is 19.4. The van der Waals surface area contributed by atoms with Crippen molar-refractivity contribution in [1.29, 1.82) is 0 Å². The first-order valence-corrected chi connectivity index (χ1v) is 7.14. The Labute approximate surface area is 153 Å². The van der Waals surface area contributed by atoms with Gasteiger partial charge in [0.2, 0.25) is 5.89 Å². The minimum absolute atomic E-state index is 0. The van der Waals surface area contributed by atoms with E-state index < -0.39 is 0 Å². The summed E-state index contributed by atoms with van der Waals surface area (Å²) in [4.78, 5) is 8.54. The Kier molecular flexibility index (Phi) is 6.98. The molecule has 2 rings (SSSR count). The topological polar surface area (TPSA) is 93.2 Å². The van der Waals surface area contributed by atoms with Crippen LogP contribution in [0, 0.1) is 0 Å². The van der Waals surface area contributed by atoms with E-state index in [-0.39, 0.29) is 29.4 Å². The zero-order chi connectivity index (χ0) is 16.2. The van der Waals surface area contributed by atoms with E-state index in [0.29, 0.717) is 30.8 Å². The highest BCUT2D eigenvalue weighted by atomic mass is 127. The van der Waals surface area contributed by atoms with Gasteiger partial charge in [-0.1, -0.05) is 25.9 Å². The smallest absolute Gasteiger partial charge is 0.232 e. The Morgan fingerprint density at radius 1 is 1.30 bits per heavy atom. The molecule has 0 radical (unpaired) electrons. The van der Waals surface area contributed by atoms with Gasteiger partial charge >= 0.3 is 0 Å². The van der Waals surface area contributed by atoms with E-state index in [1.165, 1.54) is 0 Å². The minimum atomic E-state index is -0.148. The second-order valence-electron chi connectivity index (χ2n) is 5.99. The molecule has 0 aliphatic heterocycles. The molecule has 128 valence electrons. The van der Waals surface area contributed by atoms with E-state index >= 15 is 0 Å². The molecule has 9 heteroatoms. The normalized spacial score (nSPS) is 12.0. The van der Waals surface area contributed by atoms with E-state index in [4.69, 9.17) is 4.52 Å². The Balaban J connectivity index is 0.00000264. The Morgan fingerprint density at radius 3 is 2.52 bits per heavy atom. The number of guanidine groups is 1. The fourth-order valence-electron chi connectivity index (χ4n) is 1.76. The van der Waals surface area contributed by atoms with Crippen LogP contribution in [0.15, 0.2) is 21.8 Å². The van der Waals surface area contributed by atoms with Crippen molar-refractivity contribution in [2.45, 2.75) is 39.3 Å². The van der Waals surface area contributed by atoms with Gasteiger partial charge in [-0.05, 0) is 6.07 Å². The summed E-state index contributed by atoms with van der Waals surface area (Å²) in [6.45, 7) is 7.19. The highest BCUT2D eigenvalue weighted by molar-refractivity contribution is 14.0. The number of aryl methyl sites for hydroxylation is 1. The third-order valence-electron chi connectivity index (χ3n) is 3.11. The van der Waals surface area contributed by atoms with Crippen molar-refractivity contribution in [1.82, 2.24) is 30.6 Å². The van der Waals surface area contributed by atoms with Crippen LogP contribution in [0.1, 0.15) is 38.2 Å². The maximum absolute atomic E-state index is 5.26. The number of halogens is 1. The van der Waals surface area contributed by atoms with Crippen LogP contribution in [0.25, 0.3) is 0 Å². The molecule has 0 spiro atoms. The molecule has 0 amide bonds. The molecule has 0 saturated carbocycles. The quantitative estimate of drug-likeness (QED) is 0.432. The average molecular weight is 433 g/mol. The molecular formula is C14H24IN7O. The third-order valence-corrected chi connectivity index (χ3v) is 3.11. The lowest BCUT2D eigenvalue weighted by Gasteiger charge is -2.11. The lowest BCUT2D eigenvalue weighted by Crippen LogP contribution is -2.37. The maximum Gasteiger partial charge on any atom is 0.232 e. The highest BCUT2D eigenvalue weighted by Gasteiger charge is 2.21. The summed E-state index contributed by atoms with van der Waals surface area (Å²) in [5.41, 5.74) is 0.919. The van der Waals surface area contributed by atoms with Crippen molar-refractivity contribution in [3.8, 4) is 0 Å². The number of aliphatic imine (C=N–C) groups is 1. The SMILES string of the molecule is CN=C(NCc1noc(C(C)(C)C)n1)NCc1ccnn1C.I. The molecule has 0 fully saturated rings. The van der Waals surface area contributed by atoms with E-state index in [0.717, 1.165) is 5.69 Å². The van der Waals surface area contributed by atoms with Gasteiger partial charge in [0, 0.05) is 25.7 Å². The summed E-state index contributed by atoms with van der Waals surface area (Å²) in [5.74, 6) is 1.90. The molecule has 0 aromatic carbocycles. The number of hydrogen-bond donors (Lipinski definition) is 2. The predicted octanol–water partition coefficient (Wildman–Crippen LogP) is 1.58. The summed E-state index contributed by atoms with van der Waals surface area (Å²) in [6.07, 6.45) is 1.76. The Bertz CT molecular complexity index is 642. The lowest BCUT2D eigenvalue weighted by molar-refractivity contribution is 0.318. The molecule has 0 unspecified atom stereocenters. The van der Waals surface area contributed by atoms with Gasteiger partial charge < -0.3 is 15.2 Å². The average Bonchev–Trinajstić information content (AvgIpc) is 3.08. The van der Waals surface area contributed by atoms with Crippen molar-refractivity contribution in [2.75, 3.05) is 7.05 Å². The van der Waals surface area contributed by atoms with Crippen LogP contribution >= 0.6 is 24.0 Å². The molecule has 0 saturated heterocycles. The van der Waals surface area contributed by atoms with Crippen molar-refractivity contribution < 1.29 is 4.52 Å². The number of aromatic nitrogens is 4. The van der Waals surface area contributed by atoms with Gasteiger partial charge in [0.1, 0.15) is 0 Å². The molecule has 0 bridgehead atoms. The van der Waals surface area contributed by atoms with Crippen LogP contribution < -0.4 is 10.6 Å². The number of rotatable bonds is 4. The van der Waals surface area contributed by atoms with E-state index in [1.54, 1.807) is 13.2 Å². The molecule has 2 aromatic rings. The summed E-state index contributed by atoms with van der Waals surface area (Å²) in [7, 11) is 3.62. The van der Waals surface area contributed by atoms with Crippen molar-refractivity contribution in [2.24, 2.45) is 12.0 Å². The summed E-state index contributed by atoms with van der Waals surface area (Å²) >= 11 is 0. The van der Waals surface area contributed by atoms with Crippen LogP contribution in [0.2, 0.25) is 0 Å². The van der Waals surface area contributed by atoms with Gasteiger partial charge in [-0.3, -0.25) is 9.67 Å². The molecule has 0 aliphatic rings. The fourth-order valence-corrected chi connectivity index (χ4v) is 1.76. The molecule has 23 heavy (non-hydrogen) atoms. The largest absolute Gasteiger partial charge is 0.351 e. The van der Waals surface area contributed by atoms with Gasteiger partial charge in [0.05, 0.1) is 18.8 Å². The van der Waals surface area contributed by atoms with E-state index in [9.17, 15) is 0 Å². The molecule has 2 heterocycles. The van der Waals surface area contributed by atoms with Crippen molar-refractivity contribution in [3.05, 3.63) is 29.7 Å². The summed E-state index contributed by atoms with van der Waals surface area (Å²) in [6, 6.07) is 1.95. The number of nitrogens with zero attached hydrogens (tertiary/aromatic N) is 5. The van der Waals surface area contributed by atoms with E-state index in [2.05, 4.69) is 30.9 Å². The van der Waals surface area contributed by atoms with Gasteiger partial charge in [0.25, 0.3) is 0 Å². The van der Waals surface area contributed by atoms with Gasteiger partial charge in [-0.25, -0.2) is 0 Å². The second kappa shape index (κ2) is 8.27. The Hall–Kier alpha value is -1.65. The monoisotopic (exact) mass is 433 g/mol. The van der Waals surface area contributed by atoms with Crippen LogP contribution in [0.5, 0.6) is 0 Å². The molecule has 0 atom stereocenters. The van der Waals surface area contributed by atoms with Gasteiger partial charge in [-0.15, -0.1) is 24.0 Å². The first-order chi connectivity index (χ1) is 10.4. The number of hydrogen-bond acceptors (Lipinski definition) is 5. The Morgan fingerprint density at radius 2 is 2.00 bits per heavy atom. The van der Waals surface area contributed by atoms with Crippen LogP contribution in [-0.4, -0.2) is 32.9 Å². The molecule has 8 nitrogen and oxygen atoms in total.